The molecule has 2 nitrogen and oxygen atoms in total. The van der Waals surface area contributed by atoms with E-state index in [9.17, 15) is 0 Å². The fraction of sp³-hybridized carbons (Fsp3) is 1.00. The Bertz CT molecular complexity index is 142. The zero-order valence-electron chi connectivity index (χ0n) is 7.79. The third-order valence-electron chi connectivity index (χ3n) is 3.11. The Morgan fingerprint density at radius 1 is 1.36 bits per heavy atom. The average molecular weight is 158 g/mol. The van der Waals surface area contributed by atoms with Gasteiger partial charge in [0.2, 0.25) is 0 Å². The molecular weight excluding hydrogens is 140 g/mol. The zero-order valence-corrected chi connectivity index (χ0v) is 7.79. The predicted octanol–water partition coefficient (Wildman–Crippen LogP) is 1.43. The van der Waals surface area contributed by atoms with Crippen LogP contribution in [0.2, 0.25) is 0 Å². The van der Waals surface area contributed by atoms with Crippen molar-refractivity contribution in [2.75, 3.05) is 6.61 Å². The van der Waals surface area contributed by atoms with Crippen LogP contribution in [0.4, 0.5) is 0 Å². The van der Waals surface area contributed by atoms with Gasteiger partial charge in [0.15, 0.2) is 0 Å². The Hall–Kier alpha value is -0.0800. The molecule has 1 aliphatic rings. The lowest BCUT2D eigenvalue weighted by atomic mass is 9.84. The van der Waals surface area contributed by atoms with Gasteiger partial charge in [0.25, 0.3) is 0 Å². The second-order valence-corrected chi connectivity index (χ2v) is 4.09. The van der Waals surface area contributed by atoms with Gasteiger partial charge in [-0.25, -0.2) is 0 Å². The molecule has 0 unspecified atom stereocenters. The fourth-order valence-electron chi connectivity index (χ4n) is 1.76. The minimum atomic E-state index is -0.0627. The Labute approximate surface area is 68.6 Å². The monoisotopic (exact) mass is 158 g/mol. The van der Waals surface area contributed by atoms with Crippen molar-refractivity contribution in [3.63, 3.8) is 0 Å². The molecule has 11 heavy (non-hydrogen) atoms. The molecule has 66 valence electrons. The molecule has 0 aromatic rings. The number of aliphatic hydroxyl groups excluding tert-OH is 1. The van der Waals surface area contributed by atoms with Crippen LogP contribution in [0, 0.1) is 11.8 Å². The van der Waals surface area contributed by atoms with E-state index in [1.165, 1.54) is 0 Å². The van der Waals surface area contributed by atoms with Crippen LogP contribution in [0.3, 0.4) is 0 Å². The molecule has 2 heteroatoms. The largest absolute Gasteiger partial charge is 0.394 e. The third-order valence-corrected chi connectivity index (χ3v) is 3.11. The molecule has 3 atom stereocenters. The van der Waals surface area contributed by atoms with Crippen molar-refractivity contribution >= 4 is 0 Å². The normalized spacial score (nSPS) is 42.8. The van der Waals surface area contributed by atoms with Gasteiger partial charge in [0.1, 0.15) is 0 Å². The van der Waals surface area contributed by atoms with Gasteiger partial charge in [-0.2, -0.15) is 0 Å². The number of hydrogen-bond acceptors (Lipinski definition) is 2. The number of rotatable bonds is 1. The maximum absolute atomic E-state index is 8.96. The highest BCUT2D eigenvalue weighted by molar-refractivity contribution is 4.91. The zero-order chi connectivity index (χ0) is 8.65. The molecule has 1 fully saturated rings. The van der Waals surface area contributed by atoms with Gasteiger partial charge in [-0.3, -0.25) is 0 Å². The van der Waals surface area contributed by atoms with E-state index >= 15 is 0 Å². The van der Waals surface area contributed by atoms with Crippen molar-refractivity contribution in [3.05, 3.63) is 0 Å². The summed E-state index contributed by atoms with van der Waals surface area (Å²) in [4.78, 5) is 0. The lowest BCUT2D eigenvalue weighted by Crippen LogP contribution is -2.26. The molecule has 0 spiro atoms. The average Bonchev–Trinajstić information content (AvgIpc) is 2.13. The van der Waals surface area contributed by atoms with E-state index in [1.54, 1.807) is 0 Å². The van der Waals surface area contributed by atoms with Gasteiger partial charge in [-0.1, -0.05) is 13.8 Å². The van der Waals surface area contributed by atoms with Crippen LogP contribution in [0.15, 0.2) is 0 Å². The maximum atomic E-state index is 8.96. The first kappa shape index (κ1) is 9.01. The molecule has 0 aliphatic carbocycles. The highest BCUT2D eigenvalue weighted by Crippen LogP contribution is 2.39. The predicted molar refractivity (Wildman–Crippen MR) is 44.4 cm³/mol. The molecule has 0 bridgehead atoms. The quantitative estimate of drug-likeness (QED) is 0.625. The van der Waals surface area contributed by atoms with Gasteiger partial charge < -0.3 is 9.84 Å². The van der Waals surface area contributed by atoms with E-state index in [1.807, 2.05) is 0 Å². The van der Waals surface area contributed by atoms with Crippen molar-refractivity contribution in [1.82, 2.24) is 0 Å². The lowest BCUT2D eigenvalue weighted by Gasteiger charge is -2.23. The van der Waals surface area contributed by atoms with Gasteiger partial charge in [0.05, 0.1) is 18.3 Å². The molecule has 0 radical (unpaired) electrons. The Balaban J connectivity index is 2.69. The molecular formula is C9H18O2. The number of aliphatic hydroxyl groups is 1. The number of ether oxygens (including phenoxy) is 1. The minimum absolute atomic E-state index is 0.0417. The van der Waals surface area contributed by atoms with Gasteiger partial charge in [-0.15, -0.1) is 0 Å². The van der Waals surface area contributed by atoms with E-state index in [4.69, 9.17) is 9.84 Å². The van der Waals surface area contributed by atoms with Crippen LogP contribution in [-0.4, -0.2) is 23.4 Å². The Morgan fingerprint density at radius 3 is 2.09 bits per heavy atom. The maximum Gasteiger partial charge on any atom is 0.0842 e. The van der Waals surface area contributed by atoms with E-state index in [0.717, 1.165) is 0 Å². The van der Waals surface area contributed by atoms with Crippen molar-refractivity contribution in [1.29, 1.82) is 0 Å². The third kappa shape index (κ3) is 1.42. The van der Waals surface area contributed by atoms with Crippen LogP contribution in [0.5, 0.6) is 0 Å². The molecule has 1 aliphatic heterocycles. The highest BCUT2D eigenvalue weighted by Gasteiger charge is 2.43. The Morgan fingerprint density at radius 2 is 1.91 bits per heavy atom. The van der Waals surface area contributed by atoms with Crippen molar-refractivity contribution in [2.45, 2.75) is 39.4 Å². The van der Waals surface area contributed by atoms with E-state index in [2.05, 4.69) is 27.7 Å². The van der Waals surface area contributed by atoms with Gasteiger partial charge in [0, 0.05) is 0 Å². The summed E-state index contributed by atoms with van der Waals surface area (Å²) in [7, 11) is 0. The van der Waals surface area contributed by atoms with Crippen LogP contribution in [0.25, 0.3) is 0 Å². The molecule has 0 saturated carbocycles. The molecule has 1 saturated heterocycles. The van der Waals surface area contributed by atoms with Crippen LogP contribution in [0.1, 0.15) is 27.7 Å². The van der Waals surface area contributed by atoms with Crippen molar-refractivity contribution in [3.8, 4) is 0 Å². The van der Waals surface area contributed by atoms with E-state index in [-0.39, 0.29) is 18.3 Å². The van der Waals surface area contributed by atoms with Crippen LogP contribution >= 0.6 is 0 Å². The molecule has 0 aromatic heterocycles. The summed E-state index contributed by atoms with van der Waals surface area (Å²) in [5.41, 5.74) is -0.0627. The topological polar surface area (TPSA) is 29.5 Å². The molecule has 1 N–H and O–H groups in total. The highest BCUT2D eigenvalue weighted by atomic mass is 16.5. The molecule has 1 rings (SSSR count). The summed E-state index contributed by atoms with van der Waals surface area (Å²) in [5.74, 6) is 0.995. The second-order valence-electron chi connectivity index (χ2n) is 4.09. The van der Waals surface area contributed by atoms with Crippen molar-refractivity contribution < 1.29 is 9.84 Å². The smallest absolute Gasteiger partial charge is 0.0842 e. The molecule has 0 aromatic carbocycles. The summed E-state index contributed by atoms with van der Waals surface area (Å²) in [6, 6.07) is 0. The first-order valence-electron chi connectivity index (χ1n) is 4.27. The second kappa shape index (κ2) is 2.76. The van der Waals surface area contributed by atoms with Crippen LogP contribution in [-0.2, 0) is 4.74 Å². The molecule has 1 heterocycles. The lowest BCUT2D eigenvalue weighted by molar-refractivity contribution is -0.0505. The molecule has 0 amide bonds. The minimum Gasteiger partial charge on any atom is -0.394 e. The SMILES string of the molecule is C[C@H]1[C@@H](C)C(C)(C)O[C@@H]1CO. The standard InChI is InChI=1S/C9H18O2/c1-6-7(2)9(3,4)11-8(6)5-10/h6-8,10H,5H2,1-4H3/t6-,7+,8+/m0/s1. The summed E-state index contributed by atoms with van der Waals surface area (Å²) in [5, 5.41) is 8.96. The fourth-order valence-corrected chi connectivity index (χ4v) is 1.76. The summed E-state index contributed by atoms with van der Waals surface area (Å²) in [6.07, 6.45) is 0.0417. The van der Waals surface area contributed by atoms with Crippen LogP contribution < -0.4 is 0 Å². The first-order chi connectivity index (χ1) is 4.99. The summed E-state index contributed by atoms with van der Waals surface area (Å²) in [6.45, 7) is 8.64. The van der Waals surface area contributed by atoms with Crippen molar-refractivity contribution in [2.24, 2.45) is 11.8 Å². The van der Waals surface area contributed by atoms with Gasteiger partial charge in [-0.05, 0) is 25.7 Å². The summed E-state index contributed by atoms with van der Waals surface area (Å²) < 4.78 is 5.67. The number of hydrogen-bond donors (Lipinski definition) is 1. The summed E-state index contributed by atoms with van der Waals surface area (Å²) >= 11 is 0. The Kier molecular flexibility index (Phi) is 2.26. The first-order valence-corrected chi connectivity index (χ1v) is 4.27. The van der Waals surface area contributed by atoms with E-state index < -0.39 is 0 Å². The van der Waals surface area contributed by atoms with Gasteiger partial charge >= 0.3 is 0 Å². The van der Waals surface area contributed by atoms with E-state index in [0.29, 0.717) is 11.8 Å².